The number of hydrogen-bond acceptors (Lipinski definition) is 6. The van der Waals surface area contributed by atoms with Crippen LogP contribution in [0.15, 0.2) is 0 Å². The van der Waals surface area contributed by atoms with Crippen LogP contribution in [0.1, 0.15) is 0 Å². The van der Waals surface area contributed by atoms with Gasteiger partial charge in [-0.15, -0.1) is 8.59 Å². The van der Waals surface area contributed by atoms with Crippen LogP contribution >= 0.6 is 0 Å². The van der Waals surface area contributed by atoms with E-state index < -0.39 is 26.1 Å². The van der Waals surface area contributed by atoms with Gasteiger partial charge < -0.3 is 13.6 Å². The molecule has 3 aliphatic rings. The maximum absolute atomic E-state index is 13.4. The molecule has 0 saturated carbocycles. The molecule has 0 N–H and O–H groups in total. The monoisotopic (exact) mass is 394 g/mol. The Bertz CT molecular complexity index is 554. The number of alkyl halides is 3. The van der Waals surface area contributed by atoms with Crippen LogP contribution in [0.3, 0.4) is 0 Å². The SMILES string of the molecule is C[N+]12CC[N+](F)(CC1)CC2.O=S(=O)([O-])C(F)(F)F.O=S(=O)([O-])F. The third-order valence-corrected chi connectivity index (χ3v) is 3.97. The topological polar surface area (TPSA) is 114 Å². The fourth-order valence-electron chi connectivity index (χ4n) is 1.93. The van der Waals surface area contributed by atoms with Crippen molar-refractivity contribution in [3.05, 3.63) is 0 Å². The Labute approximate surface area is 130 Å². The maximum Gasteiger partial charge on any atom is 0.485 e. The summed E-state index contributed by atoms with van der Waals surface area (Å²) in [5, 5.41) is 0. The van der Waals surface area contributed by atoms with Crippen molar-refractivity contribution in [3.8, 4) is 0 Å². The molecule has 0 aliphatic carbocycles. The summed E-state index contributed by atoms with van der Waals surface area (Å²) in [6.07, 6.45) is 0. The summed E-state index contributed by atoms with van der Waals surface area (Å²) in [7, 11) is -9.27. The largest absolute Gasteiger partial charge is 0.741 e. The lowest BCUT2D eigenvalue weighted by Crippen LogP contribution is -2.70. The lowest BCUT2D eigenvalue weighted by atomic mass is 10.2. The molecule has 140 valence electrons. The highest BCUT2D eigenvalue weighted by Crippen LogP contribution is 2.24. The van der Waals surface area contributed by atoms with E-state index >= 15 is 0 Å². The maximum atomic E-state index is 13.4. The number of piperazine rings is 3. The van der Waals surface area contributed by atoms with Gasteiger partial charge in [0.05, 0.1) is 7.05 Å². The Balaban J connectivity index is 0.000000338. The van der Waals surface area contributed by atoms with E-state index in [1.54, 1.807) is 0 Å². The van der Waals surface area contributed by atoms with Gasteiger partial charge in [0.1, 0.15) is 19.6 Å². The van der Waals surface area contributed by atoms with E-state index in [2.05, 4.69) is 7.05 Å². The first kappa shape index (κ1) is 22.4. The lowest BCUT2D eigenvalue weighted by molar-refractivity contribution is -1.14. The van der Waals surface area contributed by atoms with Crippen LogP contribution in [0, 0.1) is 0 Å². The quantitative estimate of drug-likeness (QED) is 0.138. The highest BCUT2D eigenvalue weighted by atomic mass is 32.3. The summed E-state index contributed by atoms with van der Waals surface area (Å²) in [6.45, 7) is 5.35. The predicted molar refractivity (Wildman–Crippen MR) is 63.3 cm³/mol. The molecule has 0 amide bonds. The summed E-state index contributed by atoms with van der Waals surface area (Å²) in [5.74, 6) is 0. The Morgan fingerprint density at radius 1 is 0.870 bits per heavy atom. The Kier molecular flexibility index (Phi) is 6.91. The average molecular weight is 394 g/mol. The van der Waals surface area contributed by atoms with Gasteiger partial charge in [-0.1, -0.05) is 0 Å². The second kappa shape index (κ2) is 7.10. The molecule has 23 heavy (non-hydrogen) atoms. The van der Waals surface area contributed by atoms with Crippen LogP contribution < -0.4 is 0 Å². The molecule has 3 heterocycles. The molecule has 3 aliphatic heterocycles. The van der Waals surface area contributed by atoms with E-state index in [-0.39, 0.29) is 4.71 Å². The van der Waals surface area contributed by atoms with E-state index in [9.17, 15) is 21.5 Å². The first-order chi connectivity index (χ1) is 9.87. The number of halogens is 5. The van der Waals surface area contributed by atoms with Gasteiger partial charge in [-0.25, -0.2) is 16.8 Å². The molecule has 0 radical (unpaired) electrons. The molecule has 0 aromatic carbocycles. The second-order valence-electron chi connectivity index (χ2n) is 5.28. The number of likely N-dealkylation sites (N-methyl/N-ethyl adjacent to an activating group) is 1. The van der Waals surface area contributed by atoms with Crippen molar-refractivity contribution < 1.29 is 56.7 Å². The minimum Gasteiger partial charge on any atom is -0.741 e. The fourth-order valence-corrected chi connectivity index (χ4v) is 1.93. The molecule has 0 atom stereocenters. The number of quaternary nitrogens is 2. The van der Waals surface area contributed by atoms with Crippen molar-refractivity contribution in [2.75, 3.05) is 46.3 Å². The molecule has 3 fully saturated rings. The van der Waals surface area contributed by atoms with Gasteiger partial charge in [0.25, 0.3) is 10.5 Å². The van der Waals surface area contributed by atoms with E-state index in [0.717, 1.165) is 43.8 Å². The molecule has 0 aromatic heterocycles. The van der Waals surface area contributed by atoms with Gasteiger partial charge in [0, 0.05) is 0 Å². The Hall–Kier alpha value is -0.610. The summed E-state index contributed by atoms with van der Waals surface area (Å²) in [6, 6.07) is 0. The van der Waals surface area contributed by atoms with Gasteiger partial charge in [-0.2, -0.15) is 13.2 Å². The zero-order valence-electron chi connectivity index (χ0n) is 11.8. The number of nitrogens with zero attached hydrogens (tertiary/aromatic N) is 2. The molecule has 0 aromatic rings. The molecular weight excluding hydrogens is 379 g/mol. The third-order valence-electron chi connectivity index (χ3n) is 3.41. The van der Waals surface area contributed by atoms with Crippen molar-refractivity contribution >= 4 is 20.6 Å². The first-order valence-corrected chi connectivity index (χ1v) is 8.66. The zero-order chi connectivity index (χ0) is 18.7. The standard InChI is InChI=1S/C7H15FN2.CHF3O3S.FHO3S/c1-9-2-5-10(8,6-3-9)7-4-9;2-1(3,4)8(5,6)7;1-5(2,3)4/h2-7H2,1H3;(H,5,6,7);(H,2,3,4)/q+2;;/p-2. The minimum atomic E-state index is -6.09. The molecule has 3 rings (SSSR count). The van der Waals surface area contributed by atoms with Crippen molar-refractivity contribution in [3.63, 3.8) is 0 Å². The third kappa shape index (κ3) is 9.31. The van der Waals surface area contributed by atoms with Gasteiger partial charge >= 0.3 is 5.51 Å². The number of rotatable bonds is 0. The van der Waals surface area contributed by atoms with Crippen molar-refractivity contribution in [1.82, 2.24) is 0 Å². The molecule has 15 heteroatoms. The average Bonchev–Trinajstić information content (AvgIpc) is 2.27. The molecule has 2 bridgehead atoms. The fraction of sp³-hybridized carbons (Fsp3) is 1.00. The molecule has 8 nitrogen and oxygen atoms in total. The molecule has 0 unspecified atom stereocenters. The van der Waals surface area contributed by atoms with E-state index in [4.69, 9.17) is 25.9 Å². The predicted octanol–water partition coefficient (Wildman–Crippen LogP) is -0.371. The Morgan fingerprint density at radius 2 is 1.09 bits per heavy atom. The van der Waals surface area contributed by atoms with Crippen molar-refractivity contribution in [2.45, 2.75) is 5.51 Å². The summed E-state index contributed by atoms with van der Waals surface area (Å²) in [5.41, 5.74) is -5.65. The summed E-state index contributed by atoms with van der Waals surface area (Å²) < 4.78 is 109. The van der Waals surface area contributed by atoms with Crippen LogP contribution in [-0.4, -0.2) is 87.0 Å². The highest BCUT2D eigenvalue weighted by Gasteiger charge is 2.48. The van der Waals surface area contributed by atoms with E-state index in [0.29, 0.717) is 0 Å². The first-order valence-electron chi connectivity index (χ1n) is 5.94. The van der Waals surface area contributed by atoms with Gasteiger partial charge in [0.15, 0.2) is 29.8 Å². The lowest BCUT2D eigenvalue weighted by Gasteiger charge is -2.47. The molecule has 0 spiro atoms. The molecule has 3 saturated heterocycles. The Morgan fingerprint density at radius 3 is 1.22 bits per heavy atom. The normalized spacial score (nSPS) is 30.6. The highest BCUT2D eigenvalue weighted by molar-refractivity contribution is 7.86. The van der Waals surface area contributed by atoms with Crippen molar-refractivity contribution in [2.24, 2.45) is 0 Å². The number of hydrogen-bond donors (Lipinski definition) is 0. The van der Waals surface area contributed by atoms with Crippen LogP contribution in [0.25, 0.3) is 0 Å². The van der Waals surface area contributed by atoms with E-state index in [1.165, 1.54) is 0 Å². The van der Waals surface area contributed by atoms with Crippen molar-refractivity contribution in [1.29, 1.82) is 0 Å². The molecular formula is C8H15F5N2O6S2. The van der Waals surface area contributed by atoms with Crippen LogP contribution in [-0.2, 0) is 20.6 Å². The second-order valence-corrected chi connectivity index (χ2v) is 7.44. The van der Waals surface area contributed by atoms with E-state index in [1.807, 2.05) is 0 Å². The smallest absolute Gasteiger partial charge is 0.485 e. The van der Waals surface area contributed by atoms with Gasteiger partial charge in [-0.05, 0) is 4.48 Å². The van der Waals surface area contributed by atoms with Crippen LogP contribution in [0.5, 0.6) is 0 Å². The van der Waals surface area contributed by atoms with Gasteiger partial charge in [0.2, 0.25) is 0 Å². The number of fused-ring (bicyclic) bond motifs is 3. The van der Waals surface area contributed by atoms with Crippen LogP contribution in [0.2, 0.25) is 0 Å². The van der Waals surface area contributed by atoms with Gasteiger partial charge in [-0.3, -0.25) is 0 Å². The zero-order valence-corrected chi connectivity index (χ0v) is 13.4. The van der Waals surface area contributed by atoms with Crippen LogP contribution in [0.4, 0.5) is 21.5 Å². The summed E-state index contributed by atoms with van der Waals surface area (Å²) in [4.78, 5) is 0. The minimum absolute atomic E-state index is 0.145. The summed E-state index contributed by atoms with van der Waals surface area (Å²) >= 11 is 0.